The Hall–Kier alpha value is -0.860. The van der Waals surface area contributed by atoms with Crippen LogP contribution < -0.4 is 10.6 Å². The lowest BCUT2D eigenvalue weighted by Crippen LogP contribution is -2.48. The molecule has 1 heterocycles. The molecule has 1 fully saturated rings. The fourth-order valence-electron chi connectivity index (χ4n) is 2.96. The van der Waals surface area contributed by atoms with E-state index in [9.17, 15) is 0 Å². The second-order valence-corrected chi connectivity index (χ2v) is 7.02. The van der Waals surface area contributed by atoms with E-state index in [-0.39, 0.29) is 29.6 Å². The molecule has 1 aliphatic rings. The molecule has 2 N–H and O–H groups in total. The van der Waals surface area contributed by atoms with E-state index in [1.807, 2.05) is 7.05 Å². The van der Waals surface area contributed by atoms with Crippen LogP contribution in [0.15, 0.2) is 35.3 Å². The molecule has 1 aromatic carbocycles. The molecule has 0 amide bonds. The summed E-state index contributed by atoms with van der Waals surface area (Å²) in [6.45, 7) is 7.96. The number of methoxy groups -OCH3 is 1. The Morgan fingerprint density at radius 2 is 2.00 bits per heavy atom. The van der Waals surface area contributed by atoms with E-state index >= 15 is 0 Å². The molecule has 5 nitrogen and oxygen atoms in total. The Morgan fingerprint density at radius 3 is 2.64 bits per heavy atom. The highest BCUT2D eigenvalue weighted by Gasteiger charge is 2.24. The van der Waals surface area contributed by atoms with E-state index in [1.165, 1.54) is 24.9 Å². The third-order valence-electron chi connectivity index (χ3n) is 4.69. The molecule has 1 atom stereocenters. The average Bonchev–Trinajstić information content (AvgIpc) is 3.03. The first-order valence-corrected chi connectivity index (χ1v) is 8.82. The molecule has 25 heavy (non-hydrogen) atoms. The van der Waals surface area contributed by atoms with Gasteiger partial charge in [0.05, 0.1) is 5.60 Å². The summed E-state index contributed by atoms with van der Waals surface area (Å²) in [7, 11) is 3.55. The number of hydrogen-bond donors (Lipinski definition) is 2. The number of halogens is 1. The Bertz CT molecular complexity index is 521. The quantitative estimate of drug-likeness (QED) is 0.373. The van der Waals surface area contributed by atoms with E-state index in [4.69, 9.17) is 4.74 Å². The summed E-state index contributed by atoms with van der Waals surface area (Å²) >= 11 is 0. The van der Waals surface area contributed by atoms with Crippen LogP contribution in [-0.4, -0.2) is 56.3 Å². The van der Waals surface area contributed by atoms with Crippen LogP contribution in [0.1, 0.15) is 32.3 Å². The van der Waals surface area contributed by atoms with Gasteiger partial charge >= 0.3 is 0 Å². The summed E-state index contributed by atoms with van der Waals surface area (Å²) in [5.74, 6) is 0.840. The number of ether oxygens (including phenoxy) is 1. The van der Waals surface area contributed by atoms with Gasteiger partial charge in [-0.1, -0.05) is 30.3 Å². The van der Waals surface area contributed by atoms with Crippen molar-refractivity contribution in [3.63, 3.8) is 0 Å². The van der Waals surface area contributed by atoms with Crippen LogP contribution >= 0.6 is 24.0 Å². The van der Waals surface area contributed by atoms with Crippen LogP contribution in [0.2, 0.25) is 0 Å². The molecular formula is C19H33IN4O. The molecule has 142 valence electrons. The van der Waals surface area contributed by atoms with Gasteiger partial charge in [-0.05, 0) is 38.8 Å². The summed E-state index contributed by atoms with van der Waals surface area (Å²) < 4.78 is 5.44. The van der Waals surface area contributed by atoms with Crippen LogP contribution in [0.5, 0.6) is 0 Å². The van der Waals surface area contributed by atoms with E-state index in [1.54, 1.807) is 7.11 Å². The summed E-state index contributed by atoms with van der Waals surface area (Å²) in [5.41, 5.74) is 1.18. The van der Waals surface area contributed by atoms with Crippen LogP contribution in [0.25, 0.3) is 0 Å². The molecule has 1 unspecified atom stereocenters. The number of likely N-dealkylation sites (tertiary alicyclic amines) is 1. The second-order valence-electron chi connectivity index (χ2n) is 7.02. The van der Waals surface area contributed by atoms with E-state index < -0.39 is 0 Å². The van der Waals surface area contributed by atoms with Gasteiger partial charge in [0.2, 0.25) is 0 Å². The summed E-state index contributed by atoms with van der Waals surface area (Å²) in [5, 5.41) is 6.81. The van der Waals surface area contributed by atoms with Gasteiger partial charge in [-0.15, -0.1) is 24.0 Å². The number of guanidine groups is 1. The van der Waals surface area contributed by atoms with Crippen molar-refractivity contribution in [1.29, 1.82) is 0 Å². The second kappa shape index (κ2) is 11.0. The smallest absolute Gasteiger partial charge is 0.191 e. The number of aliphatic imine (C=N–C) groups is 1. The van der Waals surface area contributed by atoms with Gasteiger partial charge in [0, 0.05) is 39.8 Å². The maximum Gasteiger partial charge on any atom is 0.191 e. The number of nitrogens with one attached hydrogen (secondary N) is 2. The minimum atomic E-state index is -0.204. The van der Waals surface area contributed by atoms with Gasteiger partial charge in [0.1, 0.15) is 0 Å². The molecule has 0 aliphatic carbocycles. The van der Waals surface area contributed by atoms with Crippen molar-refractivity contribution in [2.24, 2.45) is 4.99 Å². The molecule has 0 spiro atoms. The Kier molecular flexibility index (Phi) is 9.74. The van der Waals surface area contributed by atoms with E-state index in [0.29, 0.717) is 6.04 Å². The predicted octanol–water partition coefficient (Wildman–Crippen LogP) is 2.86. The van der Waals surface area contributed by atoms with E-state index in [0.717, 1.165) is 25.6 Å². The Labute approximate surface area is 169 Å². The predicted molar refractivity (Wildman–Crippen MR) is 116 cm³/mol. The number of benzene rings is 1. The first kappa shape index (κ1) is 22.2. The van der Waals surface area contributed by atoms with Gasteiger partial charge in [-0.2, -0.15) is 0 Å². The third-order valence-corrected chi connectivity index (χ3v) is 4.69. The first-order chi connectivity index (χ1) is 11.5. The number of rotatable bonds is 7. The van der Waals surface area contributed by atoms with Gasteiger partial charge in [-0.25, -0.2) is 0 Å². The van der Waals surface area contributed by atoms with Crippen molar-refractivity contribution < 1.29 is 4.74 Å². The van der Waals surface area contributed by atoms with Crippen LogP contribution in [-0.2, 0) is 11.3 Å². The maximum absolute atomic E-state index is 5.44. The summed E-state index contributed by atoms with van der Waals surface area (Å²) in [6, 6.07) is 11.3. The molecule has 0 bridgehead atoms. The lowest BCUT2D eigenvalue weighted by Gasteiger charge is -2.27. The zero-order valence-electron chi connectivity index (χ0n) is 15.9. The topological polar surface area (TPSA) is 48.9 Å². The van der Waals surface area contributed by atoms with Crippen LogP contribution in [0.4, 0.5) is 0 Å². The molecule has 0 radical (unpaired) electrons. The highest BCUT2D eigenvalue weighted by molar-refractivity contribution is 14.0. The molecule has 2 rings (SSSR count). The minimum absolute atomic E-state index is 0. The maximum atomic E-state index is 5.44. The van der Waals surface area contributed by atoms with Crippen molar-refractivity contribution in [3.05, 3.63) is 35.9 Å². The number of nitrogens with zero attached hydrogens (tertiary/aromatic N) is 2. The third kappa shape index (κ3) is 7.50. The fraction of sp³-hybridized carbons (Fsp3) is 0.632. The molecular weight excluding hydrogens is 427 g/mol. The molecule has 1 aromatic rings. The van der Waals surface area contributed by atoms with Crippen molar-refractivity contribution in [3.8, 4) is 0 Å². The van der Waals surface area contributed by atoms with Gasteiger partial charge in [-0.3, -0.25) is 9.89 Å². The van der Waals surface area contributed by atoms with Crippen LogP contribution in [0, 0.1) is 0 Å². The van der Waals surface area contributed by atoms with Gasteiger partial charge in [0.15, 0.2) is 5.96 Å². The molecule has 1 aliphatic heterocycles. The van der Waals surface area contributed by atoms with Gasteiger partial charge < -0.3 is 15.4 Å². The zero-order chi connectivity index (χ0) is 17.4. The molecule has 0 aromatic heterocycles. The van der Waals surface area contributed by atoms with Crippen molar-refractivity contribution in [2.45, 2.75) is 44.9 Å². The van der Waals surface area contributed by atoms with Crippen molar-refractivity contribution in [2.75, 3.05) is 33.8 Å². The first-order valence-electron chi connectivity index (χ1n) is 8.82. The standard InChI is InChI=1S/C19H32N4O.HI/c1-19(2,24-4)15-22-18(20-3)21-13-17-11-8-12-23(17)14-16-9-6-5-7-10-16;/h5-7,9-10,17H,8,11-15H2,1-4H3,(H2,20,21,22);1H. The Balaban J connectivity index is 0.00000312. The van der Waals surface area contributed by atoms with Crippen molar-refractivity contribution >= 4 is 29.9 Å². The fourth-order valence-corrected chi connectivity index (χ4v) is 2.96. The molecule has 0 saturated carbocycles. The monoisotopic (exact) mass is 460 g/mol. The lowest BCUT2D eigenvalue weighted by atomic mass is 10.1. The molecule has 1 saturated heterocycles. The minimum Gasteiger partial charge on any atom is -0.377 e. The average molecular weight is 460 g/mol. The highest BCUT2D eigenvalue weighted by atomic mass is 127. The van der Waals surface area contributed by atoms with Crippen LogP contribution in [0.3, 0.4) is 0 Å². The zero-order valence-corrected chi connectivity index (χ0v) is 18.2. The summed E-state index contributed by atoms with van der Waals surface area (Å²) in [6.07, 6.45) is 2.50. The highest BCUT2D eigenvalue weighted by Crippen LogP contribution is 2.19. The van der Waals surface area contributed by atoms with Gasteiger partial charge in [0.25, 0.3) is 0 Å². The van der Waals surface area contributed by atoms with Crippen molar-refractivity contribution in [1.82, 2.24) is 15.5 Å². The Morgan fingerprint density at radius 1 is 1.28 bits per heavy atom. The largest absolute Gasteiger partial charge is 0.377 e. The summed E-state index contributed by atoms with van der Waals surface area (Å²) in [4.78, 5) is 6.88. The lowest BCUT2D eigenvalue weighted by molar-refractivity contribution is 0.0268. The normalized spacial score (nSPS) is 18.7. The SMILES string of the molecule is CN=C(NCC1CCCN1Cc1ccccc1)NCC(C)(C)OC.I. The van der Waals surface area contributed by atoms with E-state index in [2.05, 4.69) is 64.7 Å². The molecule has 6 heteroatoms. The number of hydrogen-bond acceptors (Lipinski definition) is 3.